The Balaban J connectivity index is 2.22. The van der Waals surface area contributed by atoms with Crippen LogP contribution >= 0.6 is 11.6 Å². The summed E-state index contributed by atoms with van der Waals surface area (Å²) in [6.45, 7) is 3.02. The fourth-order valence-electron chi connectivity index (χ4n) is 1.71. The van der Waals surface area contributed by atoms with Crippen molar-refractivity contribution >= 4 is 17.3 Å². The molecule has 1 aromatic rings. The Bertz CT molecular complexity index is 339. The van der Waals surface area contributed by atoms with Gasteiger partial charge in [-0.3, -0.25) is 0 Å². The van der Waals surface area contributed by atoms with Crippen LogP contribution in [0.15, 0.2) is 18.2 Å². The highest BCUT2D eigenvalue weighted by Crippen LogP contribution is 2.20. The molecule has 0 unspecified atom stereocenters. The second-order valence-corrected chi connectivity index (χ2v) is 3.82. The van der Waals surface area contributed by atoms with Crippen molar-refractivity contribution in [1.29, 1.82) is 0 Å². The molecule has 0 aliphatic carbocycles. The van der Waals surface area contributed by atoms with Crippen LogP contribution in [0.5, 0.6) is 0 Å². The summed E-state index contributed by atoms with van der Waals surface area (Å²) >= 11 is 5.70. The van der Waals surface area contributed by atoms with Crippen molar-refractivity contribution in [2.45, 2.75) is 5.88 Å². The Morgan fingerprint density at radius 2 is 2.00 bits per heavy atom. The molecule has 2 rings (SSSR count). The molecule has 1 aliphatic heterocycles. The van der Waals surface area contributed by atoms with Gasteiger partial charge in [-0.1, -0.05) is 0 Å². The summed E-state index contributed by atoms with van der Waals surface area (Å²) in [6.07, 6.45) is 0. The molecule has 1 heterocycles. The molecule has 0 saturated carbocycles. The third-order valence-electron chi connectivity index (χ3n) is 2.47. The molecule has 1 aliphatic rings. The first-order valence-electron chi connectivity index (χ1n) is 4.98. The Labute approximate surface area is 93.6 Å². The quantitative estimate of drug-likeness (QED) is 0.723. The molecule has 0 aromatic heterocycles. The first-order valence-corrected chi connectivity index (χ1v) is 5.51. The smallest absolute Gasteiger partial charge is 0.125 e. The van der Waals surface area contributed by atoms with Gasteiger partial charge in [-0.2, -0.15) is 0 Å². The van der Waals surface area contributed by atoms with Gasteiger partial charge in [0.2, 0.25) is 0 Å². The van der Waals surface area contributed by atoms with Crippen LogP contribution in [0.1, 0.15) is 5.56 Å². The minimum atomic E-state index is -0.227. The highest BCUT2D eigenvalue weighted by Gasteiger charge is 2.12. The van der Waals surface area contributed by atoms with E-state index in [1.165, 1.54) is 6.07 Å². The van der Waals surface area contributed by atoms with Gasteiger partial charge in [0, 0.05) is 24.7 Å². The SMILES string of the molecule is Fc1cc(CCl)cc(N2CCOCC2)c1. The molecule has 2 nitrogen and oxygen atoms in total. The molecule has 0 radical (unpaired) electrons. The highest BCUT2D eigenvalue weighted by molar-refractivity contribution is 6.17. The van der Waals surface area contributed by atoms with Crippen LogP contribution in [0.2, 0.25) is 0 Å². The van der Waals surface area contributed by atoms with Crippen LogP contribution in [0.4, 0.5) is 10.1 Å². The van der Waals surface area contributed by atoms with Crippen molar-refractivity contribution in [1.82, 2.24) is 0 Å². The van der Waals surface area contributed by atoms with Crippen molar-refractivity contribution in [2.24, 2.45) is 0 Å². The second-order valence-electron chi connectivity index (χ2n) is 3.55. The van der Waals surface area contributed by atoms with E-state index in [9.17, 15) is 4.39 Å². The third-order valence-corrected chi connectivity index (χ3v) is 2.78. The number of halogens is 2. The topological polar surface area (TPSA) is 12.5 Å². The molecule has 1 saturated heterocycles. The van der Waals surface area contributed by atoms with Crippen molar-refractivity contribution < 1.29 is 9.13 Å². The molecule has 0 bridgehead atoms. The largest absolute Gasteiger partial charge is 0.378 e. The molecule has 0 spiro atoms. The van der Waals surface area contributed by atoms with E-state index in [2.05, 4.69) is 4.90 Å². The number of rotatable bonds is 2. The van der Waals surface area contributed by atoms with E-state index in [0.29, 0.717) is 19.1 Å². The molecule has 4 heteroatoms. The Morgan fingerprint density at radius 1 is 1.27 bits per heavy atom. The predicted octanol–water partition coefficient (Wildman–Crippen LogP) is 2.40. The van der Waals surface area contributed by atoms with Crippen LogP contribution < -0.4 is 4.90 Å². The van der Waals surface area contributed by atoms with Gasteiger partial charge in [0.25, 0.3) is 0 Å². The van der Waals surface area contributed by atoms with Crippen LogP contribution in [-0.4, -0.2) is 26.3 Å². The summed E-state index contributed by atoms with van der Waals surface area (Å²) in [4.78, 5) is 2.11. The van der Waals surface area contributed by atoms with Crippen LogP contribution in [0.25, 0.3) is 0 Å². The molecule has 82 valence electrons. The lowest BCUT2D eigenvalue weighted by atomic mass is 10.2. The number of benzene rings is 1. The van der Waals surface area contributed by atoms with E-state index in [1.807, 2.05) is 6.07 Å². The van der Waals surface area contributed by atoms with Gasteiger partial charge in [0.1, 0.15) is 5.82 Å². The molecule has 1 fully saturated rings. The molecular weight excluding hydrogens is 217 g/mol. The highest BCUT2D eigenvalue weighted by atomic mass is 35.5. The van der Waals surface area contributed by atoms with Crippen molar-refractivity contribution in [3.8, 4) is 0 Å². The Hall–Kier alpha value is -0.800. The minimum absolute atomic E-state index is 0.227. The Morgan fingerprint density at radius 3 is 2.67 bits per heavy atom. The molecule has 0 N–H and O–H groups in total. The maximum Gasteiger partial charge on any atom is 0.125 e. The van der Waals surface area contributed by atoms with Gasteiger partial charge in [0.05, 0.1) is 13.2 Å². The number of nitrogens with zero attached hydrogens (tertiary/aromatic N) is 1. The summed E-state index contributed by atoms with van der Waals surface area (Å²) in [5.41, 5.74) is 1.71. The number of ether oxygens (including phenoxy) is 1. The van der Waals surface area contributed by atoms with Gasteiger partial charge >= 0.3 is 0 Å². The number of morpholine rings is 1. The second kappa shape index (κ2) is 4.81. The average Bonchev–Trinajstić information content (AvgIpc) is 2.29. The molecule has 1 aromatic carbocycles. The lowest BCUT2D eigenvalue weighted by Crippen LogP contribution is -2.36. The molecule has 0 amide bonds. The normalized spacial score (nSPS) is 16.8. The van der Waals surface area contributed by atoms with Gasteiger partial charge in [0.15, 0.2) is 0 Å². The monoisotopic (exact) mass is 229 g/mol. The number of hydrogen-bond donors (Lipinski definition) is 0. The zero-order valence-electron chi connectivity index (χ0n) is 8.38. The van der Waals surface area contributed by atoms with Crippen molar-refractivity contribution in [3.63, 3.8) is 0 Å². The first kappa shape index (κ1) is 10.7. The fraction of sp³-hybridized carbons (Fsp3) is 0.455. The number of hydrogen-bond acceptors (Lipinski definition) is 2. The maximum atomic E-state index is 13.3. The van der Waals surface area contributed by atoms with E-state index in [4.69, 9.17) is 16.3 Å². The van der Waals surface area contributed by atoms with Gasteiger partial charge in [-0.05, 0) is 23.8 Å². The minimum Gasteiger partial charge on any atom is -0.378 e. The van der Waals surface area contributed by atoms with Crippen LogP contribution in [-0.2, 0) is 10.6 Å². The van der Waals surface area contributed by atoms with Crippen LogP contribution in [0.3, 0.4) is 0 Å². The van der Waals surface area contributed by atoms with Gasteiger partial charge in [-0.25, -0.2) is 4.39 Å². The fourth-order valence-corrected chi connectivity index (χ4v) is 1.87. The standard InChI is InChI=1S/C11H13ClFNO/c12-8-9-5-10(13)7-11(6-9)14-1-3-15-4-2-14/h5-7H,1-4,8H2. The molecule has 0 atom stereocenters. The third kappa shape index (κ3) is 2.61. The molecular formula is C11H13ClFNO. The maximum absolute atomic E-state index is 13.3. The number of alkyl halides is 1. The van der Waals surface area contributed by atoms with Crippen molar-refractivity contribution in [2.75, 3.05) is 31.2 Å². The van der Waals surface area contributed by atoms with Gasteiger partial charge in [-0.15, -0.1) is 11.6 Å². The van der Waals surface area contributed by atoms with E-state index < -0.39 is 0 Å². The number of anilines is 1. The van der Waals surface area contributed by atoms with E-state index in [1.54, 1.807) is 6.07 Å². The summed E-state index contributed by atoms with van der Waals surface area (Å²) in [5.74, 6) is 0.115. The van der Waals surface area contributed by atoms with Gasteiger partial charge < -0.3 is 9.64 Å². The Kier molecular flexibility index (Phi) is 3.44. The lowest BCUT2D eigenvalue weighted by molar-refractivity contribution is 0.122. The van der Waals surface area contributed by atoms with E-state index >= 15 is 0 Å². The average molecular weight is 230 g/mol. The molecule has 15 heavy (non-hydrogen) atoms. The zero-order valence-corrected chi connectivity index (χ0v) is 9.13. The predicted molar refractivity (Wildman–Crippen MR) is 59.0 cm³/mol. The summed E-state index contributed by atoms with van der Waals surface area (Å²) in [6, 6.07) is 4.94. The summed E-state index contributed by atoms with van der Waals surface area (Å²) in [7, 11) is 0. The van der Waals surface area contributed by atoms with E-state index in [0.717, 1.165) is 24.3 Å². The van der Waals surface area contributed by atoms with E-state index in [-0.39, 0.29) is 5.82 Å². The zero-order chi connectivity index (χ0) is 10.7. The lowest BCUT2D eigenvalue weighted by Gasteiger charge is -2.29. The van der Waals surface area contributed by atoms with Crippen LogP contribution in [0, 0.1) is 5.82 Å². The first-order chi connectivity index (χ1) is 7.29. The van der Waals surface area contributed by atoms with Crippen molar-refractivity contribution in [3.05, 3.63) is 29.6 Å². The summed E-state index contributed by atoms with van der Waals surface area (Å²) < 4.78 is 18.5. The summed E-state index contributed by atoms with van der Waals surface area (Å²) in [5, 5.41) is 0.